The maximum Gasteiger partial charge on any atom is 0.251 e. The third-order valence-corrected chi connectivity index (χ3v) is 5.26. The zero-order valence-corrected chi connectivity index (χ0v) is 19.1. The van der Waals surface area contributed by atoms with Crippen LogP contribution in [-0.2, 0) is 17.9 Å². The van der Waals surface area contributed by atoms with Crippen LogP contribution in [0.3, 0.4) is 0 Å². The Hall–Kier alpha value is -3.26. The minimum atomic E-state index is -0.107. The molecule has 2 amide bonds. The van der Waals surface area contributed by atoms with E-state index >= 15 is 0 Å². The van der Waals surface area contributed by atoms with Gasteiger partial charge >= 0.3 is 0 Å². The van der Waals surface area contributed by atoms with Gasteiger partial charge in [0, 0.05) is 36.3 Å². The molecule has 0 unspecified atom stereocenters. The molecule has 1 saturated carbocycles. The van der Waals surface area contributed by atoms with Crippen LogP contribution in [0.5, 0.6) is 17.2 Å². The van der Waals surface area contributed by atoms with E-state index in [0.29, 0.717) is 41.9 Å². The summed E-state index contributed by atoms with van der Waals surface area (Å²) >= 11 is 0. The van der Waals surface area contributed by atoms with E-state index in [-0.39, 0.29) is 18.4 Å². The van der Waals surface area contributed by atoms with Crippen molar-refractivity contribution in [3.05, 3.63) is 53.1 Å². The van der Waals surface area contributed by atoms with Crippen molar-refractivity contribution in [3.63, 3.8) is 0 Å². The number of hydrogen-bond acceptors (Lipinski definition) is 6. The first-order valence-corrected chi connectivity index (χ1v) is 10.6. The number of nitrogens with zero attached hydrogens (tertiary/aromatic N) is 1. The second kappa shape index (κ2) is 10.9. The van der Waals surface area contributed by atoms with Crippen LogP contribution in [0.2, 0.25) is 0 Å². The molecule has 0 atom stereocenters. The molecule has 1 aliphatic rings. The van der Waals surface area contributed by atoms with Gasteiger partial charge in [0.05, 0.1) is 27.9 Å². The molecule has 1 aliphatic carbocycles. The van der Waals surface area contributed by atoms with Gasteiger partial charge in [0.2, 0.25) is 5.91 Å². The van der Waals surface area contributed by atoms with Crippen molar-refractivity contribution in [2.75, 3.05) is 34.9 Å². The molecule has 0 spiro atoms. The third-order valence-electron chi connectivity index (χ3n) is 5.26. The summed E-state index contributed by atoms with van der Waals surface area (Å²) in [4.78, 5) is 26.4. The monoisotopic (exact) mass is 441 g/mol. The number of hydrogen-bond donors (Lipinski definition) is 2. The zero-order chi connectivity index (χ0) is 23.1. The van der Waals surface area contributed by atoms with Crippen LogP contribution in [0.25, 0.3) is 0 Å². The molecular formula is C24H31N3O5. The van der Waals surface area contributed by atoms with E-state index in [2.05, 4.69) is 10.6 Å². The Kier molecular flexibility index (Phi) is 7.94. The fourth-order valence-corrected chi connectivity index (χ4v) is 3.35. The standard InChI is InChI=1S/C24H31N3O5/c1-27(14-16-5-7-17(8-6-16)24(29)26-19-9-10-19)15-23(28)25-13-18-11-21(31-3)22(32-4)12-20(18)30-2/h5-8,11-12,19H,9-10,13-15H2,1-4H3,(H,25,28)(H,26,29). The van der Waals surface area contributed by atoms with Crippen molar-refractivity contribution in [3.8, 4) is 17.2 Å². The number of benzene rings is 2. The average molecular weight is 442 g/mol. The van der Waals surface area contributed by atoms with E-state index in [4.69, 9.17) is 14.2 Å². The smallest absolute Gasteiger partial charge is 0.251 e. The summed E-state index contributed by atoms with van der Waals surface area (Å²) in [6, 6.07) is 11.4. The summed E-state index contributed by atoms with van der Waals surface area (Å²) in [5, 5.41) is 5.90. The fraction of sp³-hybridized carbons (Fsp3) is 0.417. The summed E-state index contributed by atoms with van der Waals surface area (Å²) in [5.41, 5.74) is 2.48. The summed E-state index contributed by atoms with van der Waals surface area (Å²) in [7, 11) is 6.57. The molecule has 8 nitrogen and oxygen atoms in total. The lowest BCUT2D eigenvalue weighted by atomic mass is 10.1. The summed E-state index contributed by atoms with van der Waals surface area (Å²) in [6.07, 6.45) is 2.13. The average Bonchev–Trinajstić information content (AvgIpc) is 3.61. The second-order valence-corrected chi connectivity index (χ2v) is 7.91. The topological polar surface area (TPSA) is 89.1 Å². The Labute approximate surface area is 188 Å². The lowest BCUT2D eigenvalue weighted by Gasteiger charge is -2.18. The highest BCUT2D eigenvalue weighted by molar-refractivity contribution is 5.94. The second-order valence-electron chi connectivity index (χ2n) is 7.91. The predicted molar refractivity (Wildman–Crippen MR) is 121 cm³/mol. The van der Waals surface area contributed by atoms with E-state index < -0.39 is 0 Å². The predicted octanol–water partition coefficient (Wildman–Crippen LogP) is 2.35. The molecule has 0 aromatic heterocycles. The number of amides is 2. The highest BCUT2D eigenvalue weighted by Gasteiger charge is 2.23. The van der Waals surface area contributed by atoms with E-state index in [0.717, 1.165) is 24.0 Å². The molecule has 0 heterocycles. The summed E-state index contributed by atoms with van der Waals surface area (Å²) in [5.74, 6) is 1.61. The van der Waals surface area contributed by atoms with Gasteiger partial charge in [-0.15, -0.1) is 0 Å². The molecule has 172 valence electrons. The normalized spacial score (nSPS) is 12.9. The molecule has 2 aromatic carbocycles. The van der Waals surface area contributed by atoms with Gasteiger partial charge in [0.1, 0.15) is 5.75 Å². The van der Waals surface area contributed by atoms with Crippen molar-refractivity contribution < 1.29 is 23.8 Å². The van der Waals surface area contributed by atoms with Crippen LogP contribution in [0, 0.1) is 0 Å². The molecule has 32 heavy (non-hydrogen) atoms. The zero-order valence-electron chi connectivity index (χ0n) is 19.1. The van der Waals surface area contributed by atoms with Gasteiger partial charge in [-0.25, -0.2) is 0 Å². The van der Waals surface area contributed by atoms with Crippen molar-refractivity contribution >= 4 is 11.8 Å². The Morgan fingerprint density at radius 2 is 1.59 bits per heavy atom. The Balaban J connectivity index is 1.50. The SMILES string of the molecule is COc1cc(OC)c(OC)cc1CNC(=O)CN(C)Cc1ccc(C(=O)NC2CC2)cc1. The lowest BCUT2D eigenvalue weighted by Crippen LogP contribution is -2.34. The van der Waals surface area contributed by atoms with E-state index in [1.807, 2.05) is 36.2 Å². The largest absolute Gasteiger partial charge is 0.496 e. The number of ether oxygens (including phenoxy) is 3. The van der Waals surface area contributed by atoms with Crippen molar-refractivity contribution in [2.24, 2.45) is 0 Å². The van der Waals surface area contributed by atoms with Crippen LogP contribution in [0.4, 0.5) is 0 Å². The number of methoxy groups -OCH3 is 3. The van der Waals surface area contributed by atoms with Gasteiger partial charge < -0.3 is 24.8 Å². The van der Waals surface area contributed by atoms with Gasteiger partial charge in [0.25, 0.3) is 5.91 Å². The van der Waals surface area contributed by atoms with E-state index in [1.54, 1.807) is 33.5 Å². The molecule has 3 rings (SSSR count). The number of carbonyl (C=O) groups excluding carboxylic acids is 2. The van der Waals surface area contributed by atoms with Gasteiger partial charge in [-0.2, -0.15) is 0 Å². The molecule has 2 N–H and O–H groups in total. The summed E-state index contributed by atoms with van der Waals surface area (Å²) in [6.45, 7) is 1.14. The van der Waals surface area contributed by atoms with Gasteiger partial charge in [-0.3, -0.25) is 14.5 Å². The Bertz CT molecular complexity index is 941. The van der Waals surface area contributed by atoms with Crippen LogP contribution in [0.15, 0.2) is 36.4 Å². The minimum absolute atomic E-state index is 0.0302. The van der Waals surface area contributed by atoms with E-state index in [1.165, 1.54) is 0 Å². The van der Waals surface area contributed by atoms with Gasteiger partial charge in [-0.05, 0) is 43.7 Å². The van der Waals surface area contributed by atoms with Crippen LogP contribution >= 0.6 is 0 Å². The minimum Gasteiger partial charge on any atom is -0.496 e. The van der Waals surface area contributed by atoms with E-state index in [9.17, 15) is 9.59 Å². The first kappa shape index (κ1) is 23.4. The summed E-state index contributed by atoms with van der Waals surface area (Å²) < 4.78 is 16.0. The van der Waals surface area contributed by atoms with Crippen LogP contribution < -0.4 is 24.8 Å². The Morgan fingerprint density at radius 1 is 0.969 bits per heavy atom. The maximum atomic E-state index is 12.4. The Morgan fingerprint density at radius 3 is 2.19 bits per heavy atom. The molecule has 0 saturated heterocycles. The van der Waals surface area contributed by atoms with Crippen molar-refractivity contribution in [1.29, 1.82) is 0 Å². The molecule has 1 fully saturated rings. The fourth-order valence-electron chi connectivity index (χ4n) is 3.35. The number of likely N-dealkylation sites (N-methyl/N-ethyl adjacent to an activating group) is 1. The van der Waals surface area contributed by atoms with Gasteiger partial charge in [0.15, 0.2) is 11.5 Å². The third kappa shape index (κ3) is 6.37. The van der Waals surface area contributed by atoms with Crippen LogP contribution in [-0.4, -0.2) is 57.7 Å². The molecule has 2 aromatic rings. The molecule has 0 bridgehead atoms. The highest BCUT2D eigenvalue weighted by atomic mass is 16.5. The van der Waals surface area contributed by atoms with Crippen molar-refractivity contribution in [1.82, 2.24) is 15.5 Å². The maximum absolute atomic E-state index is 12.4. The first-order valence-electron chi connectivity index (χ1n) is 10.6. The molecule has 0 radical (unpaired) electrons. The van der Waals surface area contributed by atoms with Gasteiger partial charge in [-0.1, -0.05) is 12.1 Å². The molecule has 0 aliphatic heterocycles. The molecule has 8 heteroatoms. The highest BCUT2D eigenvalue weighted by Crippen LogP contribution is 2.34. The quantitative estimate of drug-likeness (QED) is 0.557. The first-order chi connectivity index (χ1) is 15.4. The lowest BCUT2D eigenvalue weighted by molar-refractivity contribution is -0.122. The number of nitrogens with one attached hydrogen (secondary N) is 2. The number of rotatable bonds is 11. The van der Waals surface area contributed by atoms with Crippen molar-refractivity contribution in [2.45, 2.75) is 32.0 Å². The van der Waals surface area contributed by atoms with Crippen LogP contribution in [0.1, 0.15) is 34.3 Å². The molecular weight excluding hydrogens is 410 g/mol. The number of carbonyl (C=O) groups is 2.